The Labute approximate surface area is 392 Å². The van der Waals surface area contributed by atoms with E-state index in [0.29, 0.717) is 13.1 Å². The Morgan fingerprint density at radius 3 is 1.60 bits per heavy atom. The van der Waals surface area contributed by atoms with E-state index in [1.165, 1.54) is 25.3 Å². The Kier molecular flexibility index (Phi) is 13.2. The van der Waals surface area contributed by atoms with Gasteiger partial charge in [-0.2, -0.15) is 0 Å². The van der Waals surface area contributed by atoms with Crippen LogP contribution in [0.2, 0.25) is 0 Å². The number of methoxy groups -OCH3 is 2. The summed E-state index contributed by atoms with van der Waals surface area (Å²) in [7, 11) is 2.60. The molecule has 0 unspecified atom stereocenters. The number of amides is 4. The number of nitrogens with zero attached hydrogens (tertiary/aromatic N) is 4. The summed E-state index contributed by atoms with van der Waals surface area (Å²) < 4.78 is 9.66. The maximum absolute atomic E-state index is 13.9. The highest BCUT2D eigenvalue weighted by atomic mass is 16.5. The molecule has 0 bridgehead atoms. The number of imidazole rings is 2. The smallest absolute Gasteiger partial charge is 0.407 e. The maximum atomic E-state index is 13.9. The van der Waals surface area contributed by atoms with Crippen molar-refractivity contribution >= 4 is 46.1 Å². The molecule has 4 N–H and O–H groups in total. The number of carbonyl (C=O) groups is 4. The van der Waals surface area contributed by atoms with E-state index in [1.54, 1.807) is 0 Å². The van der Waals surface area contributed by atoms with Crippen LogP contribution in [0, 0.1) is 18.8 Å². The van der Waals surface area contributed by atoms with E-state index in [9.17, 15) is 19.2 Å². The van der Waals surface area contributed by atoms with Crippen molar-refractivity contribution in [2.24, 2.45) is 11.8 Å². The summed E-state index contributed by atoms with van der Waals surface area (Å²) in [5.41, 5.74) is 12.1. The normalized spacial score (nSPS) is 17.4. The Balaban J connectivity index is 1.14. The number of fused-ring (bicyclic) bond motifs is 2. The number of hydrogen-bond acceptors (Lipinski definition) is 8. The average Bonchev–Trinajstić information content (AvgIpc) is 4.14. The molecule has 6 aromatic rings. The Morgan fingerprint density at radius 2 is 1.10 bits per heavy atom. The van der Waals surface area contributed by atoms with Gasteiger partial charge in [0.15, 0.2) is 0 Å². The fraction of sp³-hybridized carbons (Fsp3) is 0.434. The van der Waals surface area contributed by atoms with E-state index in [0.717, 1.165) is 92.8 Å². The largest absolute Gasteiger partial charge is 0.453 e. The Morgan fingerprint density at radius 1 is 0.627 bits per heavy atom. The molecule has 4 atom stereocenters. The molecule has 2 aliphatic heterocycles. The van der Waals surface area contributed by atoms with Crippen LogP contribution in [0.15, 0.2) is 72.8 Å². The van der Waals surface area contributed by atoms with E-state index in [4.69, 9.17) is 19.4 Å². The summed E-state index contributed by atoms with van der Waals surface area (Å²) in [5, 5.41) is 5.47. The molecule has 67 heavy (non-hydrogen) atoms. The van der Waals surface area contributed by atoms with E-state index >= 15 is 0 Å². The maximum Gasteiger partial charge on any atom is 0.407 e. The molecule has 14 heteroatoms. The number of aromatic amines is 2. The lowest BCUT2D eigenvalue weighted by molar-refractivity contribution is -0.136. The van der Waals surface area contributed by atoms with Crippen molar-refractivity contribution in [1.82, 2.24) is 40.4 Å². The molecular formula is C53H64N8O6. The Bertz CT molecular complexity index is 2840. The second-order valence-corrected chi connectivity index (χ2v) is 19.9. The van der Waals surface area contributed by atoms with Crippen molar-refractivity contribution in [1.29, 1.82) is 0 Å². The fourth-order valence-corrected chi connectivity index (χ4v) is 9.69. The van der Waals surface area contributed by atoms with Crippen molar-refractivity contribution in [3.63, 3.8) is 0 Å². The lowest BCUT2D eigenvalue weighted by Gasteiger charge is -2.29. The van der Waals surface area contributed by atoms with Gasteiger partial charge in [-0.3, -0.25) is 9.59 Å². The minimum atomic E-state index is -0.716. The van der Waals surface area contributed by atoms with Crippen LogP contribution < -0.4 is 10.6 Å². The van der Waals surface area contributed by atoms with Crippen molar-refractivity contribution in [3.05, 3.63) is 95.6 Å². The highest BCUT2D eigenvalue weighted by Gasteiger charge is 2.39. The van der Waals surface area contributed by atoms with E-state index < -0.39 is 24.3 Å². The predicted molar refractivity (Wildman–Crippen MR) is 261 cm³/mol. The summed E-state index contributed by atoms with van der Waals surface area (Å²) in [4.78, 5) is 72.9. The van der Waals surface area contributed by atoms with Crippen LogP contribution in [0.3, 0.4) is 0 Å². The third kappa shape index (κ3) is 9.62. The first-order valence-electron chi connectivity index (χ1n) is 23.5. The molecule has 2 aliphatic rings. The van der Waals surface area contributed by atoms with Crippen LogP contribution in [-0.2, 0) is 24.5 Å². The van der Waals surface area contributed by atoms with E-state index in [2.05, 4.69) is 109 Å². The highest BCUT2D eigenvalue weighted by Crippen LogP contribution is 2.41. The number of H-pyrrole nitrogens is 2. The second-order valence-electron chi connectivity index (χ2n) is 19.9. The van der Waals surface area contributed by atoms with E-state index in [1.807, 2.05) is 49.6 Å². The van der Waals surface area contributed by atoms with Crippen LogP contribution in [-0.4, -0.2) is 93.1 Å². The standard InChI is InChI=1S/C53H64N8O6/c1-29(2)45(58-51(64)66-9)49(62)60-21-11-13-43(60)47-54-39-19-16-33(27-41(39)56-47)32-15-18-37(38(26-32)35-23-31(5)24-36(25-35)53(6,7)8)34-17-20-40-42(28-34)57-48(55-40)44-14-12-22-61(44)50(63)46(30(3)4)59-52(65)67-10/h15-20,23-30,43-46H,11-14,21-22H2,1-10H3,(H,54,56)(H,55,57)(H,58,64)(H,59,65)/t43-,44-,45-,46-/m0/s1. The van der Waals surface area contributed by atoms with Crippen LogP contribution >= 0.6 is 0 Å². The van der Waals surface area contributed by atoms with Crippen molar-refractivity contribution < 1.29 is 28.7 Å². The number of rotatable bonds is 11. The highest BCUT2D eigenvalue weighted by molar-refractivity contribution is 5.93. The van der Waals surface area contributed by atoms with Gasteiger partial charge in [0.05, 0.1) is 48.4 Å². The summed E-state index contributed by atoms with van der Waals surface area (Å²) in [6.45, 7) is 17.7. The number of aryl methyl sites for hydroxylation is 1. The van der Waals surface area contributed by atoms with E-state index in [-0.39, 0.29) is 41.1 Å². The number of benzene rings is 4. The topological polar surface area (TPSA) is 175 Å². The van der Waals surface area contributed by atoms with Crippen LogP contribution in [0.1, 0.15) is 109 Å². The lowest BCUT2D eigenvalue weighted by atomic mass is 9.83. The van der Waals surface area contributed by atoms with Gasteiger partial charge in [0.2, 0.25) is 11.8 Å². The first-order chi connectivity index (χ1) is 31.9. The lowest BCUT2D eigenvalue weighted by Crippen LogP contribution is -2.51. The molecule has 14 nitrogen and oxygen atoms in total. The molecule has 0 saturated carbocycles. The third-order valence-electron chi connectivity index (χ3n) is 13.4. The SMILES string of the molecule is COC(=O)N[C@H](C(=O)N1CCC[C@H]1c1nc2ccc(-c3ccc(-c4ccc5nc([C@@H]6CCCN6C(=O)[C@@H](NC(=O)OC)C(C)C)[nH]c5c4)c(-c4cc(C)cc(C(C)(C)C)c4)c3)cc2[nH]1)C(C)C. The van der Waals surface area contributed by atoms with Crippen LogP contribution in [0.4, 0.5) is 9.59 Å². The zero-order valence-electron chi connectivity index (χ0n) is 40.4. The molecule has 4 heterocycles. The predicted octanol–water partition coefficient (Wildman–Crippen LogP) is 10.1. The van der Waals surface area contributed by atoms with Crippen molar-refractivity contribution in [2.45, 2.75) is 111 Å². The fourth-order valence-electron chi connectivity index (χ4n) is 9.69. The molecule has 0 aliphatic carbocycles. The number of ether oxygens (including phenoxy) is 2. The van der Waals surface area contributed by atoms with Gasteiger partial charge in [0.25, 0.3) is 0 Å². The quantitative estimate of drug-likeness (QED) is 0.0994. The van der Waals surface area contributed by atoms with Crippen LogP contribution in [0.25, 0.3) is 55.4 Å². The minimum absolute atomic E-state index is 0.0692. The molecule has 352 valence electrons. The molecule has 2 fully saturated rings. The Hall–Kier alpha value is -6.70. The number of carbonyl (C=O) groups excluding carboxylic acids is 4. The minimum Gasteiger partial charge on any atom is -0.453 e. The molecule has 4 aromatic carbocycles. The zero-order chi connectivity index (χ0) is 47.9. The molecule has 4 amide bonds. The van der Waals surface area contributed by atoms with Gasteiger partial charge in [-0.15, -0.1) is 0 Å². The number of alkyl carbamates (subject to hydrolysis) is 2. The monoisotopic (exact) mass is 908 g/mol. The van der Waals surface area contributed by atoms with Gasteiger partial charge in [0, 0.05) is 13.1 Å². The number of nitrogens with one attached hydrogen (secondary N) is 4. The average molecular weight is 909 g/mol. The third-order valence-corrected chi connectivity index (χ3v) is 13.4. The van der Waals surface area contributed by atoms with Gasteiger partial charge < -0.3 is 39.9 Å². The van der Waals surface area contributed by atoms with Gasteiger partial charge in [-0.25, -0.2) is 19.6 Å². The van der Waals surface area contributed by atoms with Gasteiger partial charge in [-0.1, -0.05) is 96.5 Å². The molecule has 2 saturated heterocycles. The van der Waals surface area contributed by atoms with Crippen molar-refractivity contribution in [2.75, 3.05) is 27.3 Å². The van der Waals surface area contributed by atoms with Crippen LogP contribution in [0.5, 0.6) is 0 Å². The van der Waals surface area contributed by atoms with Gasteiger partial charge in [-0.05, 0) is 119 Å². The summed E-state index contributed by atoms with van der Waals surface area (Å²) in [6, 6.07) is 24.1. The summed E-state index contributed by atoms with van der Waals surface area (Å²) in [5.74, 6) is 0.903. The molecule has 8 rings (SSSR count). The van der Waals surface area contributed by atoms with Gasteiger partial charge in [0.1, 0.15) is 23.7 Å². The van der Waals surface area contributed by atoms with Crippen molar-refractivity contribution in [3.8, 4) is 33.4 Å². The zero-order valence-corrected chi connectivity index (χ0v) is 40.4. The molecule has 2 aromatic heterocycles. The summed E-state index contributed by atoms with van der Waals surface area (Å²) in [6.07, 6.45) is 1.92. The number of likely N-dealkylation sites (tertiary alicyclic amines) is 2. The molecule has 0 radical (unpaired) electrons. The molecular weight excluding hydrogens is 845 g/mol. The molecule has 0 spiro atoms. The van der Waals surface area contributed by atoms with Gasteiger partial charge >= 0.3 is 12.2 Å². The first kappa shape index (κ1) is 46.8. The number of hydrogen-bond donors (Lipinski definition) is 4. The second kappa shape index (κ2) is 18.9. The first-order valence-corrected chi connectivity index (χ1v) is 23.5. The summed E-state index contributed by atoms with van der Waals surface area (Å²) >= 11 is 0. The number of aromatic nitrogens is 4.